The SMILES string of the molecule is CCOC(=O)c1c(C)[nH]c(C(=O)CSc2nnc(-c3ccncc3)n2CC(F)(F)F)c1C. The number of aryl methyl sites for hydroxylation is 1. The summed E-state index contributed by atoms with van der Waals surface area (Å²) in [5.41, 5.74) is 1.81. The predicted molar refractivity (Wildman–Crippen MR) is 111 cm³/mol. The lowest BCUT2D eigenvalue weighted by molar-refractivity contribution is -0.141. The third-order valence-electron chi connectivity index (χ3n) is 4.52. The van der Waals surface area contributed by atoms with Gasteiger partial charge in [-0.1, -0.05) is 11.8 Å². The molecule has 0 spiro atoms. The van der Waals surface area contributed by atoms with E-state index in [0.717, 1.165) is 16.3 Å². The lowest BCUT2D eigenvalue weighted by Gasteiger charge is -2.12. The van der Waals surface area contributed by atoms with Crippen molar-refractivity contribution in [3.8, 4) is 11.4 Å². The fraction of sp³-hybridized carbons (Fsp3) is 0.350. The van der Waals surface area contributed by atoms with Gasteiger partial charge in [-0.25, -0.2) is 4.79 Å². The first-order valence-corrected chi connectivity index (χ1v) is 10.5. The number of H-pyrrole nitrogens is 1. The van der Waals surface area contributed by atoms with Crippen LogP contribution >= 0.6 is 11.8 Å². The molecule has 0 bridgehead atoms. The van der Waals surface area contributed by atoms with Gasteiger partial charge >= 0.3 is 12.1 Å². The summed E-state index contributed by atoms with van der Waals surface area (Å²) in [7, 11) is 0. The largest absolute Gasteiger partial charge is 0.462 e. The lowest BCUT2D eigenvalue weighted by Crippen LogP contribution is -2.19. The topological polar surface area (TPSA) is 103 Å². The normalized spacial score (nSPS) is 11.6. The summed E-state index contributed by atoms with van der Waals surface area (Å²) in [6.45, 7) is 3.82. The number of Topliss-reactive ketones (excluding diaryl/α,β-unsaturated/α-hetero) is 1. The van der Waals surface area contributed by atoms with E-state index in [1.807, 2.05) is 0 Å². The molecule has 8 nitrogen and oxygen atoms in total. The number of hydrogen-bond donors (Lipinski definition) is 1. The van der Waals surface area contributed by atoms with Crippen LogP contribution in [0.3, 0.4) is 0 Å². The monoisotopic (exact) mass is 467 g/mol. The van der Waals surface area contributed by atoms with Gasteiger partial charge in [-0.3, -0.25) is 14.3 Å². The molecule has 12 heteroatoms. The molecule has 3 aromatic rings. The predicted octanol–water partition coefficient (Wildman–Crippen LogP) is 4.00. The van der Waals surface area contributed by atoms with Gasteiger partial charge in [0.2, 0.25) is 0 Å². The number of ether oxygens (including phenoxy) is 1. The van der Waals surface area contributed by atoms with Crippen molar-refractivity contribution in [3.63, 3.8) is 0 Å². The summed E-state index contributed by atoms with van der Waals surface area (Å²) in [5, 5.41) is 7.70. The summed E-state index contributed by atoms with van der Waals surface area (Å²) in [5.74, 6) is -1.11. The molecule has 0 saturated carbocycles. The molecular weight excluding hydrogens is 447 g/mol. The zero-order chi connectivity index (χ0) is 23.5. The third kappa shape index (κ3) is 5.18. The lowest BCUT2D eigenvalue weighted by atomic mass is 10.1. The standard InChI is InChI=1S/C20H20F3N5O3S/c1-4-31-18(30)15-11(2)16(25-12(15)3)14(29)9-32-19-27-26-17(13-5-7-24-8-6-13)28(19)10-20(21,22)23/h5-8,25H,4,9-10H2,1-3H3. The Hall–Kier alpha value is -3.15. The van der Waals surface area contributed by atoms with E-state index in [1.165, 1.54) is 24.5 Å². The van der Waals surface area contributed by atoms with Crippen LogP contribution in [0.25, 0.3) is 11.4 Å². The summed E-state index contributed by atoms with van der Waals surface area (Å²) in [4.78, 5) is 31.6. The van der Waals surface area contributed by atoms with E-state index < -0.39 is 24.5 Å². The molecule has 1 N–H and O–H groups in total. The minimum Gasteiger partial charge on any atom is -0.462 e. The van der Waals surface area contributed by atoms with Gasteiger partial charge in [0.1, 0.15) is 6.54 Å². The number of alkyl halides is 3. The first-order valence-electron chi connectivity index (χ1n) is 9.55. The minimum absolute atomic E-state index is 0.0242. The number of pyridine rings is 1. The quantitative estimate of drug-likeness (QED) is 0.303. The van der Waals surface area contributed by atoms with Gasteiger partial charge in [-0.2, -0.15) is 13.2 Å². The molecule has 0 atom stereocenters. The first-order chi connectivity index (χ1) is 15.1. The maximum absolute atomic E-state index is 13.2. The maximum atomic E-state index is 13.2. The summed E-state index contributed by atoms with van der Waals surface area (Å²) >= 11 is 0.837. The second-order valence-electron chi connectivity index (χ2n) is 6.80. The van der Waals surface area contributed by atoms with Crippen LogP contribution in [0.1, 0.15) is 39.0 Å². The number of aromatic nitrogens is 5. The van der Waals surface area contributed by atoms with Crippen LogP contribution in [0.15, 0.2) is 29.7 Å². The highest BCUT2D eigenvalue weighted by Crippen LogP contribution is 2.29. The molecule has 170 valence electrons. The van der Waals surface area contributed by atoms with Crippen LogP contribution in [0.5, 0.6) is 0 Å². The van der Waals surface area contributed by atoms with Gasteiger partial charge in [-0.05, 0) is 38.5 Å². The number of carbonyl (C=O) groups excluding carboxylic acids is 2. The van der Waals surface area contributed by atoms with E-state index in [9.17, 15) is 22.8 Å². The average Bonchev–Trinajstić information content (AvgIpc) is 3.25. The Kier molecular flexibility index (Phi) is 7.02. The van der Waals surface area contributed by atoms with E-state index in [2.05, 4.69) is 20.2 Å². The molecule has 0 aliphatic heterocycles. The third-order valence-corrected chi connectivity index (χ3v) is 5.49. The Bertz CT molecular complexity index is 1130. The number of ketones is 1. The van der Waals surface area contributed by atoms with E-state index in [-0.39, 0.29) is 34.6 Å². The number of esters is 1. The van der Waals surface area contributed by atoms with Crippen molar-refractivity contribution < 1.29 is 27.5 Å². The highest BCUT2D eigenvalue weighted by atomic mass is 32.2. The van der Waals surface area contributed by atoms with E-state index in [1.54, 1.807) is 20.8 Å². The molecule has 0 aliphatic carbocycles. The second-order valence-corrected chi connectivity index (χ2v) is 7.74. The molecule has 0 unspecified atom stereocenters. The summed E-state index contributed by atoms with van der Waals surface area (Å²) in [6.07, 6.45) is -1.63. The number of carbonyl (C=O) groups is 2. The van der Waals surface area contributed by atoms with Crippen LogP contribution in [0.2, 0.25) is 0 Å². The van der Waals surface area contributed by atoms with Gasteiger partial charge in [0.15, 0.2) is 16.8 Å². The molecule has 32 heavy (non-hydrogen) atoms. The molecule has 0 radical (unpaired) electrons. The van der Waals surface area contributed by atoms with Crippen LogP contribution < -0.4 is 0 Å². The Morgan fingerprint density at radius 1 is 1.19 bits per heavy atom. The smallest absolute Gasteiger partial charge is 0.406 e. The van der Waals surface area contributed by atoms with Crippen molar-refractivity contribution in [2.45, 2.75) is 38.6 Å². The molecule has 0 saturated heterocycles. The van der Waals surface area contributed by atoms with Crippen molar-refractivity contribution >= 4 is 23.5 Å². The van der Waals surface area contributed by atoms with Crippen molar-refractivity contribution in [1.82, 2.24) is 24.7 Å². The highest BCUT2D eigenvalue weighted by molar-refractivity contribution is 7.99. The Morgan fingerprint density at radius 3 is 2.50 bits per heavy atom. The molecule has 3 heterocycles. The Labute approximate surface area is 185 Å². The van der Waals surface area contributed by atoms with E-state index in [0.29, 0.717) is 16.8 Å². The van der Waals surface area contributed by atoms with Crippen LogP contribution in [0.4, 0.5) is 13.2 Å². The van der Waals surface area contributed by atoms with Crippen molar-refractivity contribution in [3.05, 3.63) is 47.0 Å². The number of thioether (sulfide) groups is 1. The Morgan fingerprint density at radius 2 is 1.88 bits per heavy atom. The molecule has 0 aromatic carbocycles. The van der Waals surface area contributed by atoms with Gasteiger partial charge in [0.25, 0.3) is 0 Å². The fourth-order valence-electron chi connectivity index (χ4n) is 3.17. The fourth-order valence-corrected chi connectivity index (χ4v) is 3.98. The van der Waals surface area contributed by atoms with Crippen LogP contribution in [-0.2, 0) is 11.3 Å². The molecule has 0 aliphatic rings. The van der Waals surface area contributed by atoms with Gasteiger partial charge in [-0.15, -0.1) is 10.2 Å². The maximum Gasteiger partial charge on any atom is 0.406 e. The van der Waals surface area contributed by atoms with Crippen molar-refractivity contribution in [2.24, 2.45) is 0 Å². The molecule has 0 amide bonds. The number of nitrogens with one attached hydrogen (secondary N) is 1. The summed E-state index contributed by atoms with van der Waals surface area (Å²) < 4.78 is 45.5. The van der Waals surface area contributed by atoms with E-state index in [4.69, 9.17) is 4.74 Å². The first kappa shape index (κ1) is 23.5. The van der Waals surface area contributed by atoms with Gasteiger partial charge in [0, 0.05) is 23.7 Å². The van der Waals surface area contributed by atoms with Crippen LogP contribution in [0, 0.1) is 13.8 Å². The van der Waals surface area contributed by atoms with Crippen LogP contribution in [-0.4, -0.2) is 55.0 Å². The van der Waals surface area contributed by atoms with Crippen molar-refractivity contribution in [1.29, 1.82) is 0 Å². The number of nitrogens with zero attached hydrogens (tertiary/aromatic N) is 4. The number of halogens is 3. The molecule has 3 rings (SSSR count). The zero-order valence-corrected chi connectivity index (χ0v) is 18.3. The van der Waals surface area contributed by atoms with Gasteiger partial charge < -0.3 is 9.72 Å². The average molecular weight is 467 g/mol. The number of rotatable bonds is 8. The number of hydrogen-bond acceptors (Lipinski definition) is 7. The second kappa shape index (κ2) is 9.55. The van der Waals surface area contributed by atoms with Gasteiger partial charge in [0.05, 0.1) is 23.6 Å². The minimum atomic E-state index is -4.51. The zero-order valence-electron chi connectivity index (χ0n) is 17.5. The van der Waals surface area contributed by atoms with Crippen molar-refractivity contribution in [2.75, 3.05) is 12.4 Å². The molecular formula is C20H20F3N5O3S. The molecule has 3 aromatic heterocycles. The number of aromatic amines is 1. The summed E-state index contributed by atoms with van der Waals surface area (Å²) in [6, 6.07) is 3.05. The highest BCUT2D eigenvalue weighted by Gasteiger charge is 2.32. The van der Waals surface area contributed by atoms with E-state index >= 15 is 0 Å². The molecule has 0 fully saturated rings. The Balaban J connectivity index is 1.84.